The molecule has 2 rings (SSSR count). The first kappa shape index (κ1) is 11.3. The quantitative estimate of drug-likeness (QED) is 0.769. The number of fused-ring (bicyclic) bond motifs is 1. The number of aryl methyl sites for hydroxylation is 1. The number of aromatic nitrogens is 4. The number of nitrogens with zero attached hydrogens (tertiary/aromatic N) is 4. The third-order valence-corrected chi connectivity index (χ3v) is 2.30. The number of imidazole rings is 1. The summed E-state index contributed by atoms with van der Waals surface area (Å²) in [6.07, 6.45) is 3.23. The highest BCUT2D eigenvalue weighted by atomic mass is 16.5. The van der Waals surface area contributed by atoms with Gasteiger partial charge in [0.2, 0.25) is 0 Å². The topological polar surface area (TPSA) is 95.9 Å². The normalized spacial score (nSPS) is 10.6. The van der Waals surface area contributed by atoms with E-state index in [1.54, 1.807) is 17.8 Å². The number of nitrogens with two attached hydrogens (primary N) is 1. The minimum absolute atomic E-state index is 0.246. The molecular weight excluding hydrogens is 222 g/mol. The number of carbonyl (C=O) groups excluding carboxylic acids is 1. The highest BCUT2D eigenvalue weighted by Gasteiger charge is 2.09. The molecule has 0 aromatic carbocycles. The van der Waals surface area contributed by atoms with Gasteiger partial charge in [0, 0.05) is 6.54 Å². The predicted molar refractivity (Wildman–Crippen MR) is 61.0 cm³/mol. The van der Waals surface area contributed by atoms with Gasteiger partial charge in [-0.15, -0.1) is 0 Å². The third kappa shape index (κ3) is 2.32. The van der Waals surface area contributed by atoms with Crippen LogP contribution in [0.3, 0.4) is 0 Å². The van der Waals surface area contributed by atoms with Gasteiger partial charge >= 0.3 is 5.97 Å². The molecule has 0 amide bonds. The van der Waals surface area contributed by atoms with Crippen LogP contribution >= 0.6 is 0 Å². The molecule has 0 aliphatic rings. The Kier molecular flexibility index (Phi) is 3.17. The zero-order chi connectivity index (χ0) is 12.3. The van der Waals surface area contributed by atoms with Crippen LogP contribution in [0.2, 0.25) is 0 Å². The molecule has 0 saturated heterocycles. The van der Waals surface area contributed by atoms with Crippen LogP contribution in [-0.4, -0.2) is 32.1 Å². The molecule has 0 bridgehead atoms. The second-order valence-electron chi connectivity index (χ2n) is 3.42. The molecule has 0 aliphatic carbocycles. The van der Waals surface area contributed by atoms with Crippen LogP contribution in [-0.2, 0) is 16.1 Å². The minimum atomic E-state index is -0.246. The van der Waals surface area contributed by atoms with E-state index in [0.29, 0.717) is 30.1 Å². The Balaban J connectivity index is 2.16. The fraction of sp³-hybridized carbons (Fsp3) is 0.400. The number of ether oxygens (including phenoxy) is 1. The predicted octanol–water partition coefficient (Wildman–Crippen LogP) is 0.362. The van der Waals surface area contributed by atoms with Gasteiger partial charge in [-0.05, 0) is 6.92 Å². The average Bonchev–Trinajstić information content (AvgIpc) is 2.71. The van der Waals surface area contributed by atoms with Crippen molar-refractivity contribution in [3.05, 3.63) is 12.7 Å². The Hall–Kier alpha value is -2.18. The van der Waals surface area contributed by atoms with Crippen LogP contribution in [0, 0.1) is 0 Å². The smallest absolute Gasteiger partial charge is 0.307 e. The number of nitrogen functional groups attached to an aromatic ring is 1. The summed E-state index contributed by atoms with van der Waals surface area (Å²) in [6.45, 7) is 2.61. The molecule has 0 unspecified atom stereocenters. The highest BCUT2D eigenvalue weighted by molar-refractivity contribution is 5.81. The van der Waals surface area contributed by atoms with E-state index in [9.17, 15) is 4.79 Å². The lowest BCUT2D eigenvalue weighted by Crippen LogP contribution is -2.09. The Labute approximate surface area is 97.6 Å². The summed E-state index contributed by atoms with van der Waals surface area (Å²) in [5.41, 5.74) is 6.92. The van der Waals surface area contributed by atoms with E-state index in [1.165, 1.54) is 6.33 Å². The van der Waals surface area contributed by atoms with Crippen molar-refractivity contribution in [1.82, 2.24) is 19.5 Å². The molecule has 0 aliphatic heterocycles. The van der Waals surface area contributed by atoms with E-state index >= 15 is 0 Å². The Bertz CT molecular complexity index is 536. The molecule has 0 spiro atoms. The van der Waals surface area contributed by atoms with Gasteiger partial charge in [-0.2, -0.15) is 0 Å². The third-order valence-electron chi connectivity index (χ3n) is 2.30. The summed E-state index contributed by atoms with van der Waals surface area (Å²) in [4.78, 5) is 23.2. The summed E-state index contributed by atoms with van der Waals surface area (Å²) < 4.78 is 6.60. The molecule has 2 heterocycles. The zero-order valence-corrected chi connectivity index (χ0v) is 9.46. The van der Waals surface area contributed by atoms with Gasteiger partial charge in [0.1, 0.15) is 11.8 Å². The number of anilines is 1. The molecule has 2 N–H and O–H groups in total. The maximum Gasteiger partial charge on any atom is 0.307 e. The fourth-order valence-corrected chi connectivity index (χ4v) is 1.55. The van der Waals surface area contributed by atoms with Crippen molar-refractivity contribution in [2.75, 3.05) is 12.3 Å². The van der Waals surface area contributed by atoms with E-state index < -0.39 is 0 Å². The molecule has 0 fully saturated rings. The molecule has 17 heavy (non-hydrogen) atoms. The van der Waals surface area contributed by atoms with E-state index in [4.69, 9.17) is 10.5 Å². The highest BCUT2D eigenvalue weighted by Crippen LogP contribution is 2.15. The lowest BCUT2D eigenvalue weighted by atomic mass is 10.4. The summed E-state index contributed by atoms with van der Waals surface area (Å²) in [6, 6.07) is 0. The Morgan fingerprint density at radius 1 is 1.47 bits per heavy atom. The molecule has 2 aromatic heterocycles. The maximum absolute atomic E-state index is 11.2. The number of hydrogen-bond acceptors (Lipinski definition) is 6. The maximum atomic E-state index is 11.2. The molecular formula is C10H13N5O2. The second-order valence-corrected chi connectivity index (χ2v) is 3.42. The van der Waals surface area contributed by atoms with Crippen molar-refractivity contribution in [3.63, 3.8) is 0 Å². The van der Waals surface area contributed by atoms with Crippen molar-refractivity contribution < 1.29 is 9.53 Å². The molecule has 90 valence electrons. The zero-order valence-electron chi connectivity index (χ0n) is 9.46. The molecule has 0 atom stereocenters. The SMILES string of the molecule is CCOC(=O)CCn1cnc2ncnc(N)c21. The van der Waals surface area contributed by atoms with E-state index in [-0.39, 0.29) is 12.4 Å². The van der Waals surface area contributed by atoms with Crippen LogP contribution in [0.5, 0.6) is 0 Å². The summed E-state index contributed by atoms with van der Waals surface area (Å²) >= 11 is 0. The molecule has 0 saturated carbocycles. The van der Waals surface area contributed by atoms with E-state index in [0.717, 1.165) is 0 Å². The molecule has 7 heteroatoms. The average molecular weight is 235 g/mol. The first-order chi connectivity index (χ1) is 8.22. The van der Waals surface area contributed by atoms with Gasteiger partial charge in [-0.1, -0.05) is 0 Å². The van der Waals surface area contributed by atoms with Crippen molar-refractivity contribution in [1.29, 1.82) is 0 Å². The summed E-state index contributed by atoms with van der Waals surface area (Å²) in [7, 11) is 0. The number of hydrogen-bond donors (Lipinski definition) is 1. The number of carbonyl (C=O) groups is 1. The van der Waals surface area contributed by atoms with Crippen molar-refractivity contribution in [2.24, 2.45) is 0 Å². The Morgan fingerprint density at radius 2 is 2.29 bits per heavy atom. The van der Waals surface area contributed by atoms with Gasteiger partial charge < -0.3 is 15.0 Å². The van der Waals surface area contributed by atoms with Crippen LogP contribution in [0.1, 0.15) is 13.3 Å². The molecule has 0 radical (unpaired) electrons. The lowest BCUT2D eigenvalue weighted by molar-refractivity contribution is -0.143. The Morgan fingerprint density at radius 3 is 3.06 bits per heavy atom. The summed E-state index contributed by atoms with van der Waals surface area (Å²) in [5, 5.41) is 0. The number of rotatable bonds is 4. The standard InChI is InChI=1S/C10H13N5O2/c1-2-17-7(16)3-4-15-6-14-10-8(15)9(11)12-5-13-10/h5-6H,2-4H2,1H3,(H2,11,12,13). The van der Waals surface area contributed by atoms with Crippen molar-refractivity contribution in [2.45, 2.75) is 19.9 Å². The molecule has 7 nitrogen and oxygen atoms in total. The van der Waals surface area contributed by atoms with Gasteiger partial charge in [0.15, 0.2) is 11.5 Å². The van der Waals surface area contributed by atoms with E-state index in [1.807, 2.05) is 0 Å². The fourth-order valence-electron chi connectivity index (χ4n) is 1.55. The van der Waals surface area contributed by atoms with Crippen molar-refractivity contribution in [3.8, 4) is 0 Å². The summed E-state index contributed by atoms with van der Waals surface area (Å²) in [5.74, 6) is 0.112. The monoisotopic (exact) mass is 235 g/mol. The van der Waals surface area contributed by atoms with Crippen LogP contribution in [0.4, 0.5) is 5.82 Å². The first-order valence-electron chi connectivity index (χ1n) is 5.29. The van der Waals surface area contributed by atoms with Crippen LogP contribution in [0.15, 0.2) is 12.7 Å². The minimum Gasteiger partial charge on any atom is -0.466 e. The number of esters is 1. The molecule has 2 aromatic rings. The van der Waals surface area contributed by atoms with Crippen molar-refractivity contribution >= 4 is 23.0 Å². The lowest BCUT2D eigenvalue weighted by Gasteiger charge is -2.04. The largest absolute Gasteiger partial charge is 0.466 e. The van der Waals surface area contributed by atoms with Gasteiger partial charge in [-0.25, -0.2) is 15.0 Å². The van der Waals surface area contributed by atoms with Gasteiger partial charge in [-0.3, -0.25) is 4.79 Å². The first-order valence-corrected chi connectivity index (χ1v) is 5.29. The van der Waals surface area contributed by atoms with Crippen LogP contribution < -0.4 is 5.73 Å². The van der Waals surface area contributed by atoms with Gasteiger partial charge in [0.25, 0.3) is 0 Å². The van der Waals surface area contributed by atoms with Crippen LogP contribution in [0.25, 0.3) is 11.2 Å². The second kappa shape index (κ2) is 4.77. The van der Waals surface area contributed by atoms with Gasteiger partial charge in [0.05, 0.1) is 19.4 Å². The van der Waals surface area contributed by atoms with E-state index in [2.05, 4.69) is 15.0 Å².